The van der Waals surface area contributed by atoms with Crippen molar-refractivity contribution in [2.24, 2.45) is 0 Å². The summed E-state index contributed by atoms with van der Waals surface area (Å²) in [5, 5.41) is 8.91. The second-order valence-corrected chi connectivity index (χ2v) is 14.5. The number of rotatable bonds is 9. The van der Waals surface area contributed by atoms with Crippen molar-refractivity contribution < 1.29 is 23.0 Å². The van der Waals surface area contributed by atoms with Crippen molar-refractivity contribution in [3.05, 3.63) is 125 Å². The number of H-pyrrole nitrogens is 1. The number of carbonyl (C=O) groups excluding carboxylic acids is 1. The number of ether oxygens (including phenoxy) is 2. The molecule has 0 bridgehead atoms. The highest BCUT2D eigenvalue weighted by Gasteiger charge is 2.24. The van der Waals surface area contributed by atoms with E-state index in [4.69, 9.17) is 48.4 Å². The summed E-state index contributed by atoms with van der Waals surface area (Å²) in [6, 6.07) is 23.5. The second-order valence-electron chi connectivity index (χ2n) is 13.7. The van der Waals surface area contributed by atoms with Crippen molar-refractivity contribution in [1.82, 2.24) is 29.9 Å². The highest BCUT2D eigenvalue weighted by molar-refractivity contribution is 6.31. The Kier molecular flexibility index (Phi) is 12.6. The lowest BCUT2D eigenvalue weighted by Gasteiger charge is -2.29. The summed E-state index contributed by atoms with van der Waals surface area (Å²) < 4.78 is 37.8. The smallest absolute Gasteiger partial charge is 0.261 e. The number of aromatic amines is 1. The predicted molar refractivity (Wildman–Crippen MR) is 233 cm³/mol. The Labute approximate surface area is 358 Å². The Morgan fingerprint density at radius 3 is 1.87 bits per heavy atom. The summed E-state index contributed by atoms with van der Waals surface area (Å²) in [7, 11) is 0. The van der Waals surface area contributed by atoms with Crippen LogP contribution in [-0.4, -0.2) is 88.4 Å². The number of imidazole rings is 1. The summed E-state index contributed by atoms with van der Waals surface area (Å²) >= 11 is 11.7. The molecule has 0 radical (unpaired) electrons. The highest BCUT2D eigenvalue weighted by Crippen LogP contribution is 2.32. The van der Waals surface area contributed by atoms with E-state index in [9.17, 15) is 13.6 Å². The van der Waals surface area contributed by atoms with Gasteiger partial charge in [-0.25, -0.2) is 23.7 Å². The van der Waals surface area contributed by atoms with Gasteiger partial charge in [-0.15, -0.1) is 0 Å². The van der Waals surface area contributed by atoms with Crippen LogP contribution < -0.4 is 31.5 Å². The minimum Gasteiger partial charge on any atom is -0.397 e. The number of morpholine rings is 2. The molecule has 1 amide bonds. The first-order valence-corrected chi connectivity index (χ1v) is 19.9. The van der Waals surface area contributed by atoms with Crippen LogP contribution in [0.1, 0.15) is 10.4 Å². The van der Waals surface area contributed by atoms with E-state index in [-0.39, 0.29) is 21.9 Å². The molecule has 0 spiro atoms. The van der Waals surface area contributed by atoms with Crippen molar-refractivity contribution >= 4 is 86.4 Å². The Bertz CT molecular complexity index is 2640. The lowest BCUT2D eigenvalue weighted by Crippen LogP contribution is -2.38. The van der Waals surface area contributed by atoms with Gasteiger partial charge in [0.05, 0.1) is 64.4 Å². The van der Waals surface area contributed by atoms with Crippen molar-refractivity contribution in [3.63, 3.8) is 0 Å². The average molecular weight is 868 g/mol. The molecule has 0 aliphatic carbocycles. The van der Waals surface area contributed by atoms with Crippen LogP contribution in [-0.2, 0) is 9.47 Å². The SMILES string of the molecule is Fc1ccc(Nc2ncc(-c3nc4ccccc4[nH]3)c(N3CCOCC3)n2)cc1Cl.Nc1ccccc1NC(=O)c1cnc(Nc2ccc(F)c(Cl)c2)nc1N1CCOCC1. The minimum atomic E-state index is -0.519. The van der Waals surface area contributed by atoms with Gasteiger partial charge >= 0.3 is 0 Å². The molecule has 19 heteroatoms. The molecule has 6 N–H and O–H groups in total. The van der Waals surface area contributed by atoms with Gasteiger partial charge in [-0.1, -0.05) is 47.5 Å². The summed E-state index contributed by atoms with van der Waals surface area (Å²) in [6.45, 7) is 4.87. The molecule has 0 unspecified atom stereocenters. The quantitative estimate of drug-likeness (QED) is 0.0879. The zero-order valence-electron chi connectivity index (χ0n) is 32.3. The van der Waals surface area contributed by atoms with Gasteiger partial charge < -0.3 is 45.9 Å². The number of amides is 1. The molecule has 5 heterocycles. The fraction of sp³-hybridized carbons (Fsp3) is 0.190. The van der Waals surface area contributed by atoms with Crippen LogP contribution in [0.15, 0.2) is 97.3 Å². The first-order valence-electron chi connectivity index (χ1n) is 19.1. The van der Waals surface area contributed by atoms with Gasteiger partial charge in [-0.05, 0) is 60.7 Å². The largest absolute Gasteiger partial charge is 0.397 e. The number of nitrogen functional groups attached to an aromatic ring is 1. The number of anilines is 8. The van der Waals surface area contributed by atoms with E-state index in [0.29, 0.717) is 98.5 Å². The van der Waals surface area contributed by atoms with Gasteiger partial charge in [0.2, 0.25) is 11.9 Å². The molecular weight excluding hydrogens is 829 g/mol. The molecule has 3 aromatic heterocycles. The monoisotopic (exact) mass is 866 g/mol. The second kappa shape index (κ2) is 18.7. The number of nitrogens with one attached hydrogen (secondary N) is 4. The van der Waals surface area contributed by atoms with Gasteiger partial charge in [-0.2, -0.15) is 9.97 Å². The predicted octanol–water partition coefficient (Wildman–Crippen LogP) is 8.08. The van der Waals surface area contributed by atoms with E-state index >= 15 is 0 Å². The van der Waals surface area contributed by atoms with E-state index in [1.165, 1.54) is 36.5 Å². The fourth-order valence-corrected chi connectivity index (χ4v) is 6.87. The molecule has 61 heavy (non-hydrogen) atoms. The van der Waals surface area contributed by atoms with Crippen molar-refractivity contribution in [3.8, 4) is 11.4 Å². The first kappa shape index (κ1) is 41.1. The molecule has 2 fully saturated rings. The number of nitrogens with zero attached hydrogens (tertiary/aromatic N) is 7. The molecule has 15 nitrogen and oxygen atoms in total. The van der Waals surface area contributed by atoms with Gasteiger partial charge in [0, 0.05) is 49.9 Å². The molecule has 0 saturated carbocycles. The van der Waals surface area contributed by atoms with Crippen molar-refractivity contribution in [1.29, 1.82) is 0 Å². The third-order valence-electron chi connectivity index (χ3n) is 9.61. The molecule has 0 atom stereocenters. The zero-order chi connectivity index (χ0) is 42.3. The Morgan fingerprint density at radius 1 is 0.705 bits per heavy atom. The third kappa shape index (κ3) is 9.87. The number of fused-ring (bicyclic) bond motifs is 1. The molecule has 9 rings (SSSR count). The van der Waals surface area contributed by atoms with Crippen LogP contribution in [0, 0.1) is 11.6 Å². The fourth-order valence-electron chi connectivity index (χ4n) is 6.51. The van der Waals surface area contributed by atoms with Gasteiger partial charge in [-0.3, -0.25) is 4.79 Å². The number of nitrogens with two attached hydrogens (primary N) is 1. The van der Waals surface area contributed by atoms with Crippen molar-refractivity contribution in [2.75, 3.05) is 84.1 Å². The molecular formula is C42H38Cl2F2N12O3. The number of para-hydroxylation sites is 4. The Morgan fingerprint density at radius 2 is 1.26 bits per heavy atom. The van der Waals surface area contributed by atoms with Crippen LogP contribution in [0.25, 0.3) is 22.4 Å². The number of halogens is 4. The van der Waals surface area contributed by atoms with E-state index < -0.39 is 11.6 Å². The van der Waals surface area contributed by atoms with Gasteiger partial charge in [0.25, 0.3) is 5.91 Å². The number of benzene rings is 4. The van der Waals surface area contributed by atoms with E-state index in [0.717, 1.165) is 22.4 Å². The summed E-state index contributed by atoms with van der Waals surface area (Å²) in [4.78, 5) is 43.1. The lowest BCUT2D eigenvalue weighted by atomic mass is 10.2. The number of hydrogen-bond acceptors (Lipinski definition) is 13. The maximum atomic E-state index is 13.5. The number of carbonyl (C=O) groups is 1. The number of aromatic nitrogens is 6. The molecule has 2 aliphatic heterocycles. The molecule has 4 aromatic carbocycles. The molecule has 7 aromatic rings. The normalized spacial score (nSPS) is 14.0. The molecule has 2 aliphatic rings. The van der Waals surface area contributed by atoms with Gasteiger partial charge in [0.1, 0.15) is 34.7 Å². The van der Waals surface area contributed by atoms with E-state index in [1.807, 2.05) is 29.2 Å². The summed E-state index contributed by atoms with van der Waals surface area (Å²) in [5.74, 6) is 1.18. The zero-order valence-corrected chi connectivity index (χ0v) is 33.9. The minimum absolute atomic E-state index is 0.0187. The van der Waals surface area contributed by atoms with Crippen LogP contribution in [0.5, 0.6) is 0 Å². The van der Waals surface area contributed by atoms with Crippen molar-refractivity contribution in [2.45, 2.75) is 0 Å². The maximum Gasteiger partial charge on any atom is 0.261 e. The summed E-state index contributed by atoms with van der Waals surface area (Å²) in [5.41, 5.74) is 10.9. The van der Waals surface area contributed by atoms with Crippen LogP contribution >= 0.6 is 23.2 Å². The Balaban J connectivity index is 0.000000168. The standard InChI is InChI=1S/C21H20ClFN6O2.C21H18ClFN6O/c22-15-11-13(5-6-16(15)23)26-21-25-12-14(19(28-21)29-7-9-31-10-8-29)20(30)27-18-4-2-1-3-17(18)24;22-15-11-13(5-6-16(15)23)25-21-24-12-14(20(28-21)29-7-9-30-10-8-29)19-26-17-3-1-2-4-18(17)27-19/h1-6,11-12H,7-10,24H2,(H,27,30)(H,25,26,28);1-6,11-12H,7-10H2,(H,26,27)(H,24,25,28). The van der Waals surface area contributed by atoms with Gasteiger partial charge in [0.15, 0.2) is 0 Å². The lowest BCUT2D eigenvalue weighted by molar-refractivity contribution is 0.102. The molecule has 312 valence electrons. The van der Waals surface area contributed by atoms with Crippen LogP contribution in [0.3, 0.4) is 0 Å². The first-order chi connectivity index (χ1) is 29.7. The van der Waals surface area contributed by atoms with Crippen LogP contribution in [0.4, 0.5) is 55.1 Å². The molecule has 2 saturated heterocycles. The summed E-state index contributed by atoms with van der Waals surface area (Å²) in [6.07, 6.45) is 3.18. The third-order valence-corrected chi connectivity index (χ3v) is 10.2. The van der Waals surface area contributed by atoms with Crippen LogP contribution in [0.2, 0.25) is 10.0 Å². The Hall–Kier alpha value is -6.66. The highest BCUT2D eigenvalue weighted by atomic mass is 35.5. The topological polar surface area (TPSA) is 184 Å². The van der Waals surface area contributed by atoms with E-state index in [2.05, 4.69) is 40.8 Å². The average Bonchev–Trinajstić information content (AvgIpc) is 3.72. The maximum absolute atomic E-state index is 13.5. The van der Waals surface area contributed by atoms with E-state index in [1.54, 1.807) is 36.5 Å². The number of hydrogen-bond donors (Lipinski definition) is 5.